The molecule has 100 valence electrons. The van der Waals surface area contributed by atoms with Gasteiger partial charge in [0.1, 0.15) is 10.6 Å². The minimum absolute atomic E-state index is 0.118. The van der Waals surface area contributed by atoms with Crippen LogP contribution < -0.4 is 5.73 Å². The highest BCUT2D eigenvalue weighted by Crippen LogP contribution is 2.17. The zero-order valence-electron chi connectivity index (χ0n) is 10.5. The second kappa shape index (κ2) is 5.92. The third-order valence-electron chi connectivity index (χ3n) is 1.74. The van der Waals surface area contributed by atoms with Crippen molar-refractivity contribution in [2.24, 2.45) is 5.73 Å². The number of carbonyl (C=O) groups excluding carboxylic acids is 2. The Kier molecular flexibility index (Phi) is 4.80. The lowest BCUT2D eigenvalue weighted by Crippen LogP contribution is -2.27. The van der Waals surface area contributed by atoms with E-state index in [1.54, 1.807) is 32.3 Å². The molecule has 1 atom stereocenters. The maximum atomic E-state index is 11.4. The normalized spacial score (nSPS) is 12.9. The van der Waals surface area contributed by atoms with Crippen LogP contribution in [-0.2, 0) is 14.3 Å². The van der Waals surface area contributed by atoms with Crippen LogP contribution in [0.25, 0.3) is 0 Å². The fourth-order valence-corrected chi connectivity index (χ4v) is 1.73. The number of ether oxygens (including phenoxy) is 2. The van der Waals surface area contributed by atoms with Gasteiger partial charge in [0.2, 0.25) is 0 Å². The predicted octanol–water partition coefficient (Wildman–Crippen LogP) is 2.01. The molecule has 1 aromatic heterocycles. The van der Waals surface area contributed by atoms with Crippen LogP contribution in [0.4, 0.5) is 4.79 Å². The highest BCUT2D eigenvalue weighted by Gasteiger charge is 2.22. The van der Waals surface area contributed by atoms with Gasteiger partial charge >= 0.3 is 12.1 Å². The molecule has 1 heterocycles. The van der Waals surface area contributed by atoms with Crippen molar-refractivity contribution >= 4 is 23.5 Å². The van der Waals surface area contributed by atoms with Crippen LogP contribution in [0.1, 0.15) is 38.2 Å². The largest absolute Gasteiger partial charge is 0.516 e. The summed E-state index contributed by atoms with van der Waals surface area (Å²) < 4.78 is 9.34. The zero-order valence-corrected chi connectivity index (χ0v) is 11.3. The zero-order chi connectivity index (χ0) is 13.8. The van der Waals surface area contributed by atoms with E-state index in [0.29, 0.717) is 5.01 Å². The Labute approximate surface area is 109 Å². The molecule has 0 amide bonds. The first-order chi connectivity index (χ1) is 8.28. The lowest BCUT2D eigenvalue weighted by molar-refractivity contribution is -0.141. The predicted molar refractivity (Wildman–Crippen MR) is 66.0 cm³/mol. The monoisotopic (exact) mass is 272 g/mol. The molecule has 0 radical (unpaired) electrons. The molecular weight excluding hydrogens is 256 g/mol. The number of thiazole rings is 1. The highest BCUT2D eigenvalue weighted by molar-refractivity contribution is 7.09. The molecule has 1 aromatic rings. The summed E-state index contributed by atoms with van der Waals surface area (Å²) in [6, 6.07) is -0.570. The molecule has 0 saturated heterocycles. The van der Waals surface area contributed by atoms with E-state index in [1.807, 2.05) is 0 Å². The van der Waals surface area contributed by atoms with Crippen LogP contribution in [0.5, 0.6) is 0 Å². The molecule has 0 aliphatic carbocycles. The average Bonchev–Trinajstić information content (AvgIpc) is 2.65. The molecule has 0 bridgehead atoms. The van der Waals surface area contributed by atoms with Crippen molar-refractivity contribution in [1.29, 1.82) is 0 Å². The molecule has 18 heavy (non-hydrogen) atoms. The number of nitrogens with zero attached hydrogens (tertiary/aromatic N) is 1. The van der Waals surface area contributed by atoms with Crippen LogP contribution in [-0.4, -0.2) is 22.7 Å². The summed E-state index contributed by atoms with van der Waals surface area (Å²) in [4.78, 5) is 26.6. The molecule has 0 spiro atoms. The number of nitrogens with two attached hydrogens (primary N) is 1. The molecule has 0 unspecified atom stereocenters. The Bertz CT molecular complexity index is 411. The van der Waals surface area contributed by atoms with Crippen LogP contribution in [0.3, 0.4) is 0 Å². The number of hydrogen-bond acceptors (Lipinski definition) is 7. The summed E-state index contributed by atoms with van der Waals surface area (Å²) in [6.45, 7) is 5.04. The average molecular weight is 272 g/mol. The highest BCUT2D eigenvalue weighted by atomic mass is 32.1. The van der Waals surface area contributed by atoms with E-state index in [0.717, 1.165) is 0 Å². The van der Waals surface area contributed by atoms with Crippen molar-refractivity contribution in [2.75, 3.05) is 0 Å². The molecule has 0 fully saturated rings. The van der Waals surface area contributed by atoms with E-state index in [1.165, 1.54) is 11.3 Å². The van der Waals surface area contributed by atoms with Gasteiger partial charge in [-0.05, 0) is 20.8 Å². The Hall–Kier alpha value is -1.47. The summed E-state index contributed by atoms with van der Waals surface area (Å²) >= 11 is 1.34. The van der Waals surface area contributed by atoms with E-state index in [4.69, 9.17) is 10.5 Å². The van der Waals surface area contributed by atoms with Crippen molar-refractivity contribution < 1.29 is 19.1 Å². The number of hydrogen-bond donors (Lipinski definition) is 1. The van der Waals surface area contributed by atoms with Gasteiger partial charge in [-0.2, -0.15) is 0 Å². The Morgan fingerprint density at radius 1 is 1.50 bits per heavy atom. The molecule has 2 N–H and O–H groups in total. The molecule has 0 aliphatic heterocycles. The smallest absolute Gasteiger partial charge is 0.428 e. The van der Waals surface area contributed by atoms with Gasteiger partial charge in [0.25, 0.3) is 0 Å². The van der Waals surface area contributed by atoms with Crippen molar-refractivity contribution in [3.05, 3.63) is 16.6 Å². The molecule has 7 heteroatoms. The van der Waals surface area contributed by atoms with Crippen molar-refractivity contribution in [3.8, 4) is 0 Å². The van der Waals surface area contributed by atoms with Gasteiger partial charge in [-0.3, -0.25) is 4.79 Å². The summed E-state index contributed by atoms with van der Waals surface area (Å²) in [5.74, 6) is -0.730. The van der Waals surface area contributed by atoms with Crippen molar-refractivity contribution in [1.82, 2.24) is 4.98 Å². The van der Waals surface area contributed by atoms with Crippen LogP contribution in [0.2, 0.25) is 0 Å². The first kappa shape index (κ1) is 14.6. The van der Waals surface area contributed by atoms with Crippen molar-refractivity contribution in [2.45, 2.75) is 38.8 Å². The number of aromatic nitrogens is 1. The van der Waals surface area contributed by atoms with Gasteiger partial charge < -0.3 is 15.2 Å². The molecule has 6 nitrogen and oxygen atoms in total. The lowest BCUT2D eigenvalue weighted by Gasteiger charge is -2.18. The first-order valence-corrected chi connectivity index (χ1v) is 6.24. The van der Waals surface area contributed by atoms with E-state index in [-0.39, 0.29) is 6.42 Å². The molecule has 0 aromatic carbocycles. The Balaban J connectivity index is 2.40. The van der Waals surface area contributed by atoms with Gasteiger partial charge in [0.15, 0.2) is 0 Å². The lowest BCUT2D eigenvalue weighted by atomic mass is 10.2. The van der Waals surface area contributed by atoms with Crippen LogP contribution in [0.15, 0.2) is 11.6 Å². The Morgan fingerprint density at radius 3 is 2.67 bits per heavy atom. The minimum Gasteiger partial charge on any atom is -0.428 e. The van der Waals surface area contributed by atoms with Crippen LogP contribution in [0, 0.1) is 0 Å². The third kappa shape index (κ3) is 5.24. The Morgan fingerprint density at radius 2 is 2.17 bits per heavy atom. The molecule has 1 rings (SSSR count). The number of rotatable bonds is 3. The fraction of sp³-hybridized carbons (Fsp3) is 0.545. The summed E-state index contributed by atoms with van der Waals surface area (Å²) in [5, 5.41) is 2.38. The van der Waals surface area contributed by atoms with Gasteiger partial charge in [-0.25, -0.2) is 9.78 Å². The first-order valence-electron chi connectivity index (χ1n) is 5.36. The van der Waals surface area contributed by atoms with E-state index < -0.39 is 23.8 Å². The second-order valence-electron chi connectivity index (χ2n) is 4.62. The van der Waals surface area contributed by atoms with Gasteiger partial charge in [-0.1, -0.05) is 0 Å². The van der Waals surface area contributed by atoms with Gasteiger partial charge in [-0.15, -0.1) is 11.3 Å². The maximum Gasteiger partial charge on any atom is 0.516 e. The minimum atomic E-state index is -1.01. The second-order valence-corrected chi connectivity index (χ2v) is 5.55. The van der Waals surface area contributed by atoms with E-state index >= 15 is 0 Å². The third-order valence-corrected chi connectivity index (χ3v) is 2.65. The molecule has 0 aliphatic rings. The molecule has 0 saturated carbocycles. The fourth-order valence-electron chi connectivity index (χ4n) is 1.09. The SMILES string of the molecule is CC(C)(C)OC(=O)OC(=O)C[C@H](N)c1nccs1. The standard InChI is InChI=1S/C11H16N2O4S/c1-11(2,3)17-10(15)16-8(14)6-7(12)9-13-4-5-18-9/h4-5,7H,6,12H2,1-3H3/t7-/m0/s1. The summed E-state index contributed by atoms with van der Waals surface area (Å²) in [5.41, 5.74) is 5.04. The van der Waals surface area contributed by atoms with E-state index in [9.17, 15) is 9.59 Å². The summed E-state index contributed by atoms with van der Waals surface area (Å²) in [7, 11) is 0. The van der Waals surface area contributed by atoms with Gasteiger partial charge in [0, 0.05) is 11.6 Å². The number of carbonyl (C=O) groups is 2. The number of esters is 1. The van der Waals surface area contributed by atoms with Gasteiger partial charge in [0.05, 0.1) is 12.5 Å². The van der Waals surface area contributed by atoms with Crippen molar-refractivity contribution in [3.63, 3.8) is 0 Å². The molecular formula is C11H16N2O4S. The van der Waals surface area contributed by atoms with Crippen LogP contribution >= 0.6 is 11.3 Å². The summed E-state index contributed by atoms with van der Waals surface area (Å²) in [6.07, 6.45) is 0.463. The topological polar surface area (TPSA) is 91.5 Å². The van der Waals surface area contributed by atoms with E-state index in [2.05, 4.69) is 9.72 Å². The maximum absolute atomic E-state index is 11.4. The quantitative estimate of drug-likeness (QED) is 0.668.